The number of ether oxygens (including phenoxy) is 3. The van der Waals surface area contributed by atoms with E-state index in [-0.39, 0.29) is 53.6 Å². The topological polar surface area (TPSA) is 182 Å². The van der Waals surface area contributed by atoms with E-state index in [9.17, 15) is 37.5 Å². The summed E-state index contributed by atoms with van der Waals surface area (Å²) in [6, 6.07) is 11.8. The second-order valence-corrected chi connectivity index (χ2v) is 18.7. The number of carbonyl (C=O) groups excluding carboxylic acids is 4. The van der Waals surface area contributed by atoms with Crippen LogP contribution in [0.5, 0.6) is 5.75 Å². The first-order valence-electron chi connectivity index (χ1n) is 22.8. The number of anilines is 1. The largest absolute Gasteiger partial charge is 0.573 e. The van der Waals surface area contributed by atoms with E-state index in [0.717, 1.165) is 23.7 Å². The molecule has 19 heteroatoms. The molecule has 8 rings (SSSR count). The molecule has 0 saturated carbocycles. The number of halogens is 3. The van der Waals surface area contributed by atoms with Crippen LogP contribution in [-0.2, 0) is 19.1 Å². The van der Waals surface area contributed by atoms with Crippen LogP contribution in [0.4, 0.5) is 28.4 Å². The highest BCUT2D eigenvalue weighted by Gasteiger charge is 2.43. The predicted octanol–water partition coefficient (Wildman–Crippen LogP) is 6.50. The maximum atomic E-state index is 14.3. The Morgan fingerprint density at radius 3 is 2.35 bits per heavy atom. The van der Waals surface area contributed by atoms with Crippen molar-refractivity contribution in [1.29, 1.82) is 0 Å². The molecule has 1 aromatic heterocycles. The number of aliphatic hydroxyl groups excluding tert-OH is 1. The zero-order chi connectivity index (χ0) is 46.9. The van der Waals surface area contributed by atoms with Crippen molar-refractivity contribution in [3.8, 4) is 16.9 Å². The van der Waals surface area contributed by atoms with Gasteiger partial charge >= 0.3 is 18.5 Å². The molecule has 5 amide bonds. The Morgan fingerprint density at radius 1 is 0.939 bits per heavy atom. The van der Waals surface area contributed by atoms with Crippen LogP contribution in [0.2, 0.25) is 0 Å². The molecule has 66 heavy (non-hydrogen) atoms. The molecule has 4 aliphatic heterocycles. The number of alkyl carbamates (subject to hydrolysis) is 1. The second kappa shape index (κ2) is 19.3. The summed E-state index contributed by atoms with van der Waals surface area (Å²) < 4.78 is 56.6. The van der Waals surface area contributed by atoms with Gasteiger partial charge in [-0.3, -0.25) is 14.5 Å². The minimum atomic E-state index is -5.01. The van der Waals surface area contributed by atoms with E-state index in [2.05, 4.69) is 32.2 Å². The lowest BCUT2D eigenvalue weighted by Crippen LogP contribution is -2.56. The fraction of sp³-hybridized carbons (Fsp3) is 0.553. The molecule has 0 radical (unpaired) electrons. The van der Waals surface area contributed by atoms with Crippen LogP contribution in [-0.4, -0.2) is 150 Å². The van der Waals surface area contributed by atoms with E-state index in [1.807, 2.05) is 17.0 Å². The third-order valence-electron chi connectivity index (χ3n) is 13.7. The number of aliphatic hydroxyl groups is 1. The molecule has 0 aliphatic carbocycles. The van der Waals surface area contributed by atoms with E-state index in [0.29, 0.717) is 101 Å². The SMILES string of the molecule is COC(=O)N[C@H](C(=O)N1C[C@@H](C)C[C@H]1c1nc2c(ccc3cc(-c4ccc(NC(=O)N5CCN(C6CCN(C(=O)C(C)(C)CO)CC6)CC5)cc4OC(F)(F)F)ccc32)[nH]1)C1CCOCC1. The first-order chi connectivity index (χ1) is 31.5. The highest BCUT2D eigenvalue weighted by Crippen LogP contribution is 2.40. The third kappa shape index (κ3) is 10.2. The first kappa shape index (κ1) is 46.9. The summed E-state index contributed by atoms with van der Waals surface area (Å²) >= 11 is 0. The molecular formula is C47H59F3N8O8. The number of nitrogens with one attached hydrogen (secondary N) is 3. The number of hydrogen-bond donors (Lipinski definition) is 4. The molecule has 4 aliphatic rings. The average molecular weight is 921 g/mol. The van der Waals surface area contributed by atoms with Gasteiger partial charge in [-0.25, -0.2) is 14.6 Å². The molecule has 3 aromatic carbocycles. The smallest absolute Gasteiger partial charge is 0.453 e. The van der Waals surface area contributed by atoms with Crippen molar-refractivity contribution >= 4 is 51.4 Å². The zero-order valence-electron chi connectivity index (χ0n) is 37.8. The van der Waals surface area contributed by atoms with E-state index in [1.54, 1.807) is 47.9 Å². The van der Waals surface area contributed by atoms with Gasteiger partial charge in [0.25, 0.3) is 0 Å². The normalized spacial score (nSPS) is 21.0. The van der Waals surface area contributed by atoms with Gasteiger partial charge in [-0.2, -0.15) is 0 Å². The molecule has 3 atom stereocenters. The third-order valence-corrected chi connectivity index (χ3v) is 13.7. The molecule has 0 bridgehead atoms. The molecule has 16 nitrogen and oxygen atoms in total. The van der Waals surface area contributed by atoms with Crippen molar-refractivity contribution < 1.29 is 51.7 Å². The van der Waals surface area contributed by atoms with Crippen LogP contribution in [0.1, 0.15) is 64.7 Å². The minimum absolute atomic E-state index is 0.0586. The van der Waals surface area contributed by atoms with Crippen LogP contribution in [0.25, 0.3) is 32.9 Å². The number of hydrogen-bond acceptors (Lipinski definition) is 10. The number of carbonyl (C=O) groups is 4. The number of nitrogens with zero attached hydrogens (tertiary/aromatic N) is 5. The number of H-pyrrole nitrogens is 1. The van der Waals surface area contributed by atoms with Gasteiger partial charge in [0.05, 0.1) is 36.2 Å². The summed E-state index contributed by atoms with van der Waals surface area (Å²) in [6.07, 6.45) is -2.21. The molecule has 356 valence electrons. The quantitative estimate of drug-likeness (QED) is 0.137. The Labute approximate surface area is 381 Å². The number of aromatic amines is 1. The van der Waals surface area contributed by atoms with Gasteiger partial charge in [-0.1, -0.05) is 25.1 Å². The van der Waals surface area contributed by atoms with Crippen molar-refractivity contribution in [1.82, 2.24) is 34.9 Å². The number of aromatic nitrogens is 2. The fourth-order valence-corrected chi connectivity index (χ4v) is 9.96. The molecule has 0 spiro atoms. The number of imidazole rings is 1. The number of urea groups is 1. The van der Waals surface area contributed by atoms with Crippen molar-refractivity contribution in [2.45, 2.75) is 77.4 Å². The Morgan fingerprint density at radius 2 is 1.67 bits per heavy atom. The van der Waals surface area contributed by atoms with Gasteiger partial charge < -0.3 is 49.6 Å². The van der Waals surface area contributed by atoms with E-state index in [4.69, 9.17) is 14.5 Å². The Bertz CT molecular complexity index is 2420. The molecule has 0 unspecified atom stereocenters. The molecule has 5 heterocycles. The highest BCUT2D eigenvalue weighted by molar-refractivity contribution is 6.05. The van der Waals surface area contributed by atoms with Crippen LogP contribution in [0.15, 0.2) is 48.5 Å². The van der Waals surface area contributed by atoms with E-state index in [1.165, 1.54) is 19.2 Å². The van der Waals surface area contributed by atoms with Gasteiger partial charge in [0, 0.05) is 87.8 Å². The van der Waals surface area contributed by atoms with Crippen LogP contribution >= 0.6 is 0 Å². The lowest BCUT2D eigenvalue weighted by Gasteiger charge is -2.43. The van der Waals surface area contributed by atoms with Crippen LogP contribution in [0, 0.1) is 17.3 Å². The van der Waals surface area contributed by atoms with E-state index < -0.39 is 35.7 Å². The Hall–Kier alpha value is -5.66. The first-order valence-corrected chi connectivity index (χ1v) is 22.8. The van der Waals surface area contributed by atoms with Gasteiger partial charge in [0.1, 0.15) is 17.6 Å². The number of piperazine rings is 1. The van der Waals surface area contributed by atoms with Gasteiger partial charge in [0.15, 0.2) is 0 Å². The number of piperidine rings is 1. The van der Waals surface area contributed by atoms with Gasteiger partial charge in [-0.05, 0) is 93.0 Å². The van der Waals surface area contributed by atoms with Crippen LogP contribution < -0.4 is 15.4 Å². The number of alkyl halides is 3. The maximum Gasteiger partial charge on any atom is 0.573 e. The number of likely N-dealkylation sites (tertiary alicyclic amines) is 2. The summed E-state index contributed by atoms with van der Waals surface area (Å²) in [5, 5.41) is 16.6. The molecule has 4 aromatic rings. The predicted molar refractivity (Wildman–Crippen MR) is 239 cm³/mol. The number of benzene rings is 3. The standard InChI is InChI=1S/C47H59F3N8O8/c1-28-23-37(58(26-28)42(60)39(54-45(63)64-4)29-13-21-65-22-14-29)41-52-36-10-6-31-24-30(5-8-35(31)40(36)53-41)34-9-7-32(25-38(34)66-47(48,49)50)51-44(62)57-19-17-55(18-20-57)33-11-15-56(16-12-33)43(61)46(2,3)27-59/h5-10,24-25,28-29,33,37,39,59H,11-23,26-27H2,1-4H3,(H,51,62)(H,52,53)(H,54,63)/t28-,37-,39-/m0/s1. The summed E-state index contributed by atoms with van der Waals surface area (Å²) in [5.74, 6) is -0.0971. The lowest BCUT2D eigenvalue weighted by molar-refractivity contribution is -0.274. The van der Waals surface area contributed by atoms with Crippen molar-refractivity contribution in [2.75, 3.05) is 78.1 Å². The maximum absolute atomic E-state index is 14.3. The lowest BCUT2D eigenvalue weighted by atomic mass is 9.90. The summed E-state index contributed by atoms with van der Waals surface area (Å²) in [6.45, 7) is 10.1. The van der Waals surface area contributed by atoms with E-state index >= 15 is 0 Å². The Kier molecular flexibility index (Phi) is 13.7. The molecule has 4 fully saturated rings. The number of rotatable bonds is 10. The minimum Gasteiger partial charge on any atom is -0.453 e. The number of methoxy groups -OCH3 is 1. The fourth-order valence-electron chi connectivity index (χ4n) is 9.96. The second-order valence-electron chi connectivity index (χ2n) is 18.7. The van der Waals surface area contributed by atoms with Crippen molar-refractivity contribution in [3.05, 3.63) is 54.4 Å². The summed E-state index contributed by atoms with van der Waals surface area (Å²) in [7, 11) is 1.27. The number of fused-ring (bicyclic) bond motifs is 3. The number of amides is 5. The molecule has 4 saturated heterocycles. The van der Waals surface area contributed by atoms with Crippen LogP contribution in [0.3, 0.4) is 0 Å². The van der Waals surface area contributed by atoms with Crippen molar-refractivity contribution in [2.24, 2.45) is 17.3 Å². The summed E-state index contributed by atoms with van der Waals surface area (Å²) in [4.78, 5) is 68.8. The summed E-state index contributed by atoms with van der Waals surface area (Å²) in [5.41, 5.74) is 1.32. The van der Waals surface area contributed by atoms with Gasteiger partial charge in [0.2, 0.25) is 11.8 Å². The van der Waals surface area contributed by atoms with Crippen molar-refractivity contribution in [3.63, 3.8) is 0 Å². The monoisotopic (exact) mass is 920 g/mol. The molecule has 4 N–H and O–H groups in total. The molecular weight excluding hydrogens is 862 g/mol. The van der Waals surface area contributed by atoms with Gasteiger partial charge in [-0.15, -0.1) is 13.2 Å². The highest BCUT2D eigenvalue weighted by atomic mass is 19.4. The Balaban J connectivity index is 0.958. The zero-order valence-corrected chi connectivity index (χ0v) is 37.8. The average Bonchev–Trinajstić information content (AvgIpc) is 3.94.